The average molecular weight is 486 g/mol. The number of benzene rings is 1. The summed E-state index contributed by atoms with van der Waals surface area (Å²) >= 11 is 0. The Morgan fingerprint density at radius 1 is 1.26 bits per heavy atom. The highest BCUT2D eigenvalue weighted by molar-refractivity contribution is 7.90. The van der Waals surface area contributed by atoms with E-state index in [-0.39, 0.29) is 29.4 Å². The van der Waals surface area contributed by atoms with Gasteiger partial charge in [-0.25, -0.2) is 13.9 Å². The summed E-state index contributed by atoms with van der Waals surface area (Å²) < 4.78 is 53.9. The van der Waals surface area contributed by atoms with Crippen molar-refractivity contribution in [1.82, 2.24) is 24.8 Å². The van der Waals surface area contributed by atoms with Crippen LogP contribution in [0.5, 0.6) is 17.4 Å². The molecule has 1 amide bonds. The van der Waals surface area contributed by atoms with E-state index in [0.717, 1.165) is 0 Å². The molecule has 5 rings (SSSR count). The third-order valence-corrected chi connectivity index (χ3v) is 6.64. The highest BCUT2D eigenvalue weighted by atomic mass is 32.2. The average Bonchev–Trinajstić information content (AvgIpc) is 3.60. The lowest BCUT2D eigenvalue weighted by Crippen LogP contribution is -2.46. The number of amides is 1. The predicted molar refractivity (Wildman–Crippen MR) is 117 cm³/mol. The van der Waals surface area contributed by atoms with Crippen molar-refractivity contribution in [3.8, 4) is 17.4 Å². The van der Waals surface area contributed by atoms with Gasteiger partial charge in [0.1, 0.15) is 5.69 Å². The second-order valence-electron chi connectivity index (χ2n) is 7.76. The molecule has 0 unspecified atom stereocenters. The van der Waals surface area contributed by atoms with Gasteiger partial charge in [0.2, 0.25) is 5.88 Å². The SMILES string of the molecule is CNS(=O)(=O)Nc1cccc(CN2C(=O)Oc3cc(Oc4cccnn4)cnc3C23CC3)c1F. The third-order valence-electron chi connectivity index (χ3n) is 5.62. The lowest BCUT2D eigenvalue weighted by atomic mass is 10.0. The molecule has 2 aliphatic rings. The van der Waals surface area contributed by atoms with Gasteiger partial charge in [-0.15, -0.1) is 5.10 Å². The summed E-state index contributed by atoms with van der Waals surface area (Å²) in [6, 6.07) is 9.13. The Morgan fingerprint density at radius 3 is 2.79 bits per heavy atom. The van der Waals surface area contributed by atoms with Gasteiger partial charge in [0, 0.05) is 30.9 Å². The fourth-order valence-corrected chi connectivity index (χ4v) is 4.36. The molecule has 11 nitrogen and oxygen atoms in total. The smallest absolute Gasteiger partial charge is 0.416 e. The van der Waals surface area contributed by atoms with Crippen molar-refractivity contribution in [2.24, 2.45) is 0 Å². The number of nitrogens with zero attached hydrogens (tertiary/aromatic N) is 4. The van der Waals surface area contributed by atoms with E-state index in [9.17, 15) is 13.2 Å². The third kappa shape index (κ3) is 3.99. The number of hydrogen-bond acceptors (Lipinski definition) is 8. The molecule has 3 aromatic rings. The Bertz CT molecular complexity index is 1370. The number of halogens is 1. The van der Waals surface area contributed by atoms with Gasteiger partial charge in [-0.1, -0.05) is 12.1 Å². The Kier molecular flexibility index (Phi) is 5.29. The Hall–Kier alpha value is -3.84. The zero-order chi connectivity index (χ0) is 23.9. The van der Waals surface area contributed by atoms with Crippen molar-refractivity contribution >= 4 is 22.0 Å². The first-order chi connectivity index (χ1) is 16.3. The molecule has 176 valence electrons. The van der Waals surface area contributed by atoms with E-state index in [1.807, 2.05) is 0 Å². The van der Waals surface area contributed by atoms with Crippen LogP contribution < -0.4 is 18.9 Å². The lowest BCUT2D eigenvalue weighted by Gasteiger charge is -2.36. The number of carbonyl (C=O) groups is 1. The molecule has 1 spiro atoms. The van der Waals surface area contributed by atoms with Crippen LogP contribution in [0.3, 0.4) is 0 Å². The minimum atomic E-state index is -3.91. The molecule has 0 saturated heterocycles. The normalized spacial score (nSPS) is 16.1. The molecule has 2 N–H and O–H groups in total. The summed E-state index contributed by atoms with van der Waals surface area (Å²) in [5, 5.41) is 7.59. The topological polar surface area (TPSA) is 136 Å². The first-order valence-corrected chi connectivity index (χ1v) is 11.7. The van der Waals surface area contributed by atoms with Gasteiger partial charge in [-0.2, -0.15) is 13.5 Å². The first-order valence-electron chi connectivity index (χ1n) is 10.3. The minimum Gasteiger partial charge on any atom is -0.436 e. The molecular weight excluding hydrogens is 467 g/mol. The van der Waals surface area contributed by atoms with Crippen molar-refractivity contribution in [3.05, 3.63) is 65.9 Å². The fraction of sp³-hybridized carbons (Fsp3) is 0.238. The maximum absolute atomic E-state index is 15.1. The number of nitrogens with one attached hydrogen (secondary N) is 2. The van der Waals surface area contributed by atoms with Crippen LogP contribution >= 0.6 is 0 Å². The molecule has 1 saturated carbocycles. The van der Waals surface area contributed by atoms with Crippen LogP contribution in [0.1, 0.15) is 24.1 Å². The lowest BCUT2D eigenvalue weighted by molar-refractivity contribution is 0.0992. The zero-order valence-electron chi connectivity index (χ0n) is 17.9. The predicted octanol–water partition coefficient (Wildman–Crippen LogP) is 2.68. The molecule has 1 aromatic carbocycles. The number of pyridine rings is 1. The molecule has 1 fully saturated rings. The molecule has 34 heavy (non-hydrogen) atoms. The number of hydrogen-bond donors (Lipinski definition) is 2. The van der Waals surface area contributed by atoms with E-state index in [0.29, 0.717) is 24.3 Å². The van der Waals surface area contributed by atoms with Crippen molar-refractivity contribution in [1.29, 1.82) is 0 Å². The summed E-state index contributed by atoms with van der Waals surface area (Å²) in [5.41, 5.74) is -0.286. The first kappa shape index (κ1) is 22.0. The number of ether oxygens (including phenoxy) is 2. The fourth-order valence-electron chi connectivity index (χ4n) is 3.81. The van der Waals surface area contributed by atoms with Gasteiger partial charge in [0.25, 0.3) is 10.2 Å². The molecule has 0 atom stereocenters. The molecule has 3 heterocycles. The number of carbonyl (C=O) groups excluding carboxylic acids is 1. The second kappa shape index (κ2) is 8.18. The summed E-state index contributed by atoms with van der Waals surface area (Å²) in [7, 11) is -2.70. The Morgan fingerprint density at radius 2 is 2.09 bits per heavy atom. The largest absolute Gasteiger partial charge is 0.436 e. The zero-order valence-corrected chi connectivity index (χ0v) is 18.7. The van der Waals surface area contributed by atoms with Crippen molar-refractivity contribution in [3.63, 3.8) is 0 Å². The number of fused-ring (bicyclic) bond motifs is 2. The van der Waals surface area contributed by atoms with E-state index in [1.165, 1.54) is 42.5 Å². The molecule has 1 aliphatic heterocycles. The highest BCUT2D eigenvalue weighted by Crippen LogP contribution is 2.56. The number of aromatic nitrogens is 3. The van der Waals surface area contributed by atoms with E-state index < -0.39 is 27.7 Å². The van der Waals surface area contributed by atoms with E-state index in [1.54, 1.807) is 18.2 Å². The maximum Gasteiger partial charge on any atom is 0.416 e. The van der Waals surface area contributed by atoms with Gasteiger partial charge < -0.3 is 9.47 Å². The van der Waals surface area contributed by atoms with Gasteiger partial charge >= 0.3 is 6.09 Å². The van der Waals surface area contributed by atoms with Gasteiger partial charge in [0.05, 0.1) is 24.0 Å². The van der Waals surface area contributed by atoms with Crippen molar-refractivity contribution in [2.45, 2.75) is 24.9 Å². The van der Waals surface area contributed by atoms with Crippen LogP contribution in [-0.2, 0) is 22.3 Å². The molecule has 13 heteroatoms. The summed E-state index contributed by atoms with van der Waals surface area (Å²) in [6.07, 6.45) is 3.60. The van der Waals surface area contributed by atoms with Crippen LogP contribution in [0, 0.1) is 5.82 Å². The maximum atomic E-state index is 15.1. The molecule has 1 aliphatic carbocycles. The van der Waals surface area contributed by atoms with Crippen LogP contribution in [0.2, 0.25) is 0 Å². The highest BCUT2D eigenvalue weighted by Gasteiger charge is 2.58. The standard InChI is InChI=1S/C21H19FN6O5S/c1-23-34(30,31)27-15-5-2-4-13(18(15)22)12-28-20(29)33-16-10-14(32-17-6-3-9-25-26-17)11-24-19(16)21(28)7-8-21/h2-6,9-11,23,27H,7-8,12H2,1H3. The van der Waals surface area contributed by atoms with Gasteiger partial charge in [0.15, 0.2) is 17.3 Å². The summed E-state index contributed by atoms with van der Waals surface area (Å²) in [5.74, 6) is 0.0674. The minimum absolute atomic E-state index is 0.126. The van der Waals surface area contributed by atoms with Gasteiger partial charge in [-0.3, -0.25) is 14.6 Å². The van der Waals surface area contributed by atoms with Gasteiger partial charge in [-0.05, 0) is 25.0 Å². The number of rotatable bonds is 7. The summed E-state index contributed by atoms with van der Waals surface area (Å²) in [4.78, 5) is 18.8. The quantitative estimate of drug-likeness (QED) is 0.520. The second-order valence-corrected chi connectivity index (χ2v) is 9.37. The van der Waals surface area contributed by atoms with Crippen molar-refractivity contribution < 1.29 is 27.1 Å². The van der Waals surface area contributed by atoms with Crippen LogP contribution in [0.4, 0.5) is 14.9 Å². The molecule has 0 bridgehead atoms. The van der Waals surface area contributed by atoms with E-state index >= 15 is 4.39 Å². The number of anilines is 1. The van der Waals surface area contributed by atoms with E-state index in [2.05, 4.69) is 24.6 Å². The van der Waals surface area contributed by atoms with Crippen molar-refractivity contribution in [2.75, 3.05) is 11.8 Å². The molecule has 0 radical (unpaired) electrons. The Balaban J connectivity index is 1.42. The monoisotopic (exact) mass is 486 g/mol. The Labute approximate surface area is 194 Å². The van der Waals surface area contributed by atoms with Crippen LogP contribution in [-0.4, -0.2) is 41.6 Å². The summed E-state index contributed by atoms with van der Waals surface area (Å²) in [6.45, 7) is -0.126. The molecule has 2 aromatic heterocycles. The van der Waals surface area contributed by atoms with Crippen LogP contribution in [0.25, 0.3) is 0 Å². The molecular formula is C21H19FN6O5S. The van der Waals surface area contributed by atoms with E-state index in [4.69, 9.17) is 9.47 Å². The van der Waals surface area contributed by atoms with Crippen LogP contribution in [0.15, 0.2) is 48.8 Å².